The minimum Gasteiger partial charge on any atom is -0.352 e. The van der Waals surface area contributed by atoms with Crippen LogP contribution in [0.25, 0.3) is 0 Å². The highest BCUT2D eigenvalue weighted by atomic mass is 127. The van der Waals surface area contributed by atoms with Crippen LogP contribution in [0.1, 0.15) is 31.4 Å². The molecule has 0 aliphatic carbocycles. The first-order chi connectivity index (χ1) is 11.3. The smallest absolute Gasteiger partial charge is 0.193 e. The van der Waals surface area contributed by atoms with Crippen LogP contribution in [-0.4, -0.2) is 45.7 Å². The Bertz CT molecular complexity index is 664. The second-order valence-corrected chi connectivity index (χ2v) is 9.28. The molecule has 0 saturated carbocycles. The highest BCUT2D eigenvalue weighted by molar-refractivity contribution is 14.0. The molecule has 2 rings (SSSR count). The second kappa shape index (κ2) is 9.75. The molecular formula is C18H30IN3O2S. The van der Waals surface area contributed by atoms with Crippen molar-refractivity contribution in [3.05, 3.63) is 35.4 Å². The summed E-state index contributed by atoms with van der Waals surface area (Å²) in [5.41, 5.74) is 1.94. The van der Waals surface area contributed by atoms with Crippen molar-refractivity contribution in [2.75, 3.05) is 26.4 Å². The van der Waals surface area contributed by atoms with Gasteiger partial charge >= 0.3 is 0 Å². The van der Waals surface area contributed by atoms with Crippen molar-refractivity contribution in [1.82, 2.24) is 10.2 Å². The van der Waals surface area contributed by atoms with Gasteiger partial charge in [0.1, 0.15) is 0 Å². The molecule has 1 aromatic rings. The Morgan fingerprint density at radius 3 is 2.16 bits per heavy atom. The van der Waals surface area contributed by atoms with Crippen LogP contribution in [0.3, 0.4) is 0 Å². The van der Waals surface area contributed by atoms with Gasteiger partial charge in [0.2, 0.25) is 0 Å². The molecule has 0 radical (unpaired) electrons. The van der Waals surface area contributed by atoms with Crippen LogP contribution in [-0.2, 0) is 22.1 Å². The van der Waals surface area contributed by atoms with Crippen molar-refractivity contribution in [1.29, 1.82) is 0 Å². The van der Waals surface area contributed by atoms with E-state index in [0.717, 1.165) is 30.2 Å². The third-order valence-corrected chi connectivity index (χ3v) is 5.14. The highest BCUT2D eigenvalue weighted by Gasteiger charge is 2.23. The van der Waals surface area contributed by atoms with E-state index < -0.39 is 9.84 Å². The van der Waals surface area contributed by atoms with E-state index in [1.165, 1.54) is 12.7 Å². The Balaban J connectivity index is 0.00000312. The zero-order valence-corrected chi connectivity index (χ0v) is 18.7. The average molecular weight is 479 g/mol. The zero-order valence-electron chi connectivity index (χ0n) is 15.5. The van der Waals surface area contributed by atoms with E-state index in [4.69, 9.17) is 0 Å². The van der Waals surface area contributed by atoms with Gasteiger partial charge in [-0.15, -0.1) is 24.0 Å². The van der Waals surface area contributed by atoms with Gasteiger partial charge in [0.25, 0.3) is 0 Å². The Morgan fingerprint density at radius 1 is 1.16 bits per heavy atom. The molecule has 1 fully saturated rings. The number of halogens is 1. The number of guanidine groups is 1. The predicted molar refractivity (Wildman–Crippen MR) is 115 cm³/mol. The summed E-state index contributed by atoms with van der Waals surface area (Å²) >= 11 is 0. The maximum Gasteiger partial charge on any atom is 0.193 e. The molecule has 25 heavy (non-hydrogen) atoms. The van der Waals surface area contributed by atoms with Crippen LogP contribution in [0.15, 0.2) is 29.3 Å². The first-order valence-electron chi connectivity index (χ1n) is 8.48. The summed E-state index contributed by atoms with van der Waals surface area (Å²) in [4.78, 5) is 6.74. The molecule has 5 nitrogen and oxygen atoms in total. The van der Waals surface area contributed by atoms with E-state index in [0.29, 0.717) is 18.4 Å². The summed E-state index contributed by atoms with van der Waals surface area (Å²) in [6.45, 7) is 7.34. The minimum atomic E-state index is -2.99. The van der Waals surface area contributed by atoms with E-state index in [2.05, 4.69) is 29.1 Å². The van der Waals surface area contributed by atoms with E-state index in [1.54, 1.807) is 0 Å². The van der Waals surface area contributed by atoms with Crippen LogP contribution in [0.2, 0.25) is 0 Å². The fourth-order valence-corrected chi connectivity index (χ4v) is 4.20. The number of piperidine rings is 1. The van der Waals surface area contributed by atoms with Gasteiger partial charge in [-0.25, -0.2) is 8.42 Å². The Labute approximate surface area is 169 Å². The lowest BCUT2D eigenvalue weighted by atomic mass is 9.92. The number of aliphatic imine (C=N–C) groups is 1. The molecule has 0 amide bonds. The quantitative estimate of drug-likeness (QED) is 0.410. The van der Waals surface area contributed by atoms with Gasteiger partial charge in [-0.3, -0.25) is 4.99 Å². The Kier molecular flexibility index (Phi) is 8.67. The monoisotopic (exact) mass is 479 g/mol. The summed E-state index contributed by atoms with van der Waals surface area (Å²) < 4.78 is 22.7. The first kappa shape index (κ1) is 22.2. The van der Waals surface area contributed by atoms with Crippen LogP contribution >= 0.6 is 24.0 Å². The van der Waals surface area contributed by atoms with Crippen LogP contribution in [0, 0.1) is 11.8 Å². The number of hydrogen-bond acceptors (Lipinski definition) is 3. The van der Waals surface area contributed by atoms with Crippen molar-refractivity contribution in [2.24, 2.45) is 16.8 Å². The van der Waals surface area contributed by atoms with Gasteiger partial charge in [-0.05, 0) is 29.4 Å². The van der Waals surface area contributed by atoms with E-state index in [1.807, 2.05) is 31.3 Å². The van der Waals surface area contributed by atoms with Gasteiger partial charge in [-0.1, -0.05) is 38.1 Å². The average Bonchev–Trinajstić information content (AvgIpc) is 2.47. The number of nitrogens with one attached hydrogen (secondary N) is 1. The number of rotatable bonds is 4. The number of benzene rings is 1. The molecule has 0 bridgehead atoms. The molecule has 142 valence electrons. The summed E-state index contributed by atoms with van der Waals surface area (Å²) in [6, 6.07) is 7.71. The molecule has 1 aliphatic heterocycles. The van der Waals surface area contributed by atoms with Crippen molar-refractivity contribution >= 4 is 39.8 Å². The number of nitrogens with zero attached hydrogens (tertiary/aromatic N) is 2. The lowest BCUT2D eigenvalue weighted by Gasteiger charge is -2.37. The lowest BCUT2D eigenvalue weighted by Crippen LogP contribution is -2.48. The molecule has 1 N–H and O–H groups in total. The van der Waals surface area contributed by atoms with Crippen molar-refractivity contribution in [3.63, 3.8) is 0 Å². The minimum absolute atomic E-state index is 0. The number of hydrogen-bond donors (Lipinski definition) is 1. The van der Waals surface area contributed by atoms with Crippen LogP contribution in [0.4, 0.5) is 0 Å². The summed E-state index contributed by atoms with van der Waals surface area (Å²) in [6.07, 6.45) is 2.53. The van der Waals surface area contributed by atoms with Gasteiger partial charge in [-0.2, -0.15) is 0 Å². The summed E-state index contributed by atoms with van der Waals surface area (Å²) in [5.74, 6) is 2.39. The van der Waals surface area contributed by atoms with Gasteiger partial charge in [0.15, 0.2) is 15.8 Å². The summed E-state index contributed by atoms with van der Waals surface area (Å²) in [7, 11) is -1.17. The van der Waals surface area contributed by atoms with E-state index in [9.17, 15) is 8.42 Å². The number of likely N-dealkylation sites (tertiary alicyclic amines) is 1. The largest absolute Gasteiger partial charge is 0.352 e. The third-order valence-electron chi connectivity index (χ3n) is 4.28. The van der Waals surface area contributed by atoms with E-state index >= 15 is 0 Å². The third kappa shape index (κ3) is 7.52. The molecule has 1 heterocycles. The normalized spacial score (nSPS) is 21.6. The Hall–Kier alpha value is -0.830. The molecule has 1 saturated heterocycles. The molecule has 2 atom stereocenters. The van der Waals surface area contributed by atoms with Gasteiger partial charge < -0.3 is 10.2 Å². The fourth-order valence-electron chi connectivity index (χ4n) is 3.41. The van der Waals surface area contributed by atoms with E-state index in [-0.39, 0.29) is 29.7 Å². The van der Waals surface area contributed by atoms with Gasteiger partial charge in [0.05, 0.1) is 5.75 Å². The van der Waals surface area contributed by atoms with Crippen molar-refractivity contribution in [3.8, 4) is 0 Å². The van der Waals surface area contributed by atoms with Crippen LogP contribution in [0.5, 0.6) is 0 Å². The highest BCUT2D eigenvalue weighted by Crippen LogP contribution is 2.21. The maximum absolute atomic E-state index is 11.3. The summed E-state index contributed by atoms with van der Waals surface area (Å²) in [5, 5.41) is 3.42. The number of sulfone groups is 1. The van der Waals surface area contributed by atoms with Crippen LogP contribution < -0.4 is 5.32 Å². The molecule has 0 spiro atoms. The molecule has 2 unspecified atom stereocenters. The van der Waals surface area contributed by atoms with Crippen molar-refractivity contribution in [2.45, 2.75) is 32.6 Å². The van der Waals surface area contributed by atoms with Crippen molar-refractivity contribution < 1.29 is 8.42 Å². The first-order valence-corrected chi connectivity index (χ1v) is 10.5. The topological polar surface area (TPSA) is 61.8 Å². The standard InChI is InChI=1S/C18H29N3O2S.HI/c1-14-9-15(2)12-21(11-14)18(19-3)20-10-16-5-7-17(8-6-16)13-24(4,22)23;/h5-8,14-15H,9-13H2,1-4H3,(H,19,20);1H. The van der Waals surface area contributed by atoms with Gasteiger partial charge in [0, 0.05) is 32.9 Å². The SMILES string of the molecule is CN=C(NCc1ccc(CS(C)(=O)=O)cc1)N1CC(C)CC(C)C1.I. The maximum atomic E-state index is 11.3. The lowest BCUT2D eigenvalue weighted by molar-refractivity contribution is 0.208. The molecular weight excluding hydrogens is 449 g/mol. The molecule has 1 aliphatic rings. The second-order valence-electron chi connectivity index (χ2n) is 7.14. The molecule has 0 aromatic heterocycles. The molecule has 7 heteroatoms. The zero-order chi connectivity index (χ0) is 17.7. The molecule has 1 aromatic carbocycles. The fraction of sp³-hybridized carbons (Fsp3) is 0.611. The predicted octanol–water partition coefficient (Wildman–Crippen LogP) is 2.90. The Morgan fingerprint density at radius 2 is 1.68 bits per heavy atom.